The van der Waals surface area contributed by atoms with Crippen LogP contribution in [0.15, 0.2) is 33.5 Å². The number of halogens is 6. The lowest BCUT2D eigenvalue weighted by atomic mass is 10.3. The van der Waals surface area contributed by atoms with Gasteiger partial charge in [0.05, 0.1) is 0 Å². The summed E-state index contributed by atoms with van der Waals surface area (Å²) in [6.07, 6.45) is -5.52. The van der Waals surface area contributed by atoms with Crippen LogP contribution < -0.4 is 0 Å². The van der Waals surface area contributed by atoms with E-state index in [9.17, 15) is 22.0 Å². The number of benzene rings is 1. The van der Waals surface area contributed by atoms with Crippen LogP contribution >= 0.6 is 21.0 Å². The smallest absolute Gasteiger partial charge is 0.251 e. The summed E-state index contributed by atoms with van der Waals surface area (Å²) in [5.41, 5.74) is 0. The molecule has 0 aliphatic heterocycles. The number of rotatable bonds is 3. The zero-order valence-electron chi connectivity index (χ0n) is 7.81. The standard InChI is InChI=1S/C9H7F5IN/c10-8(11,9(12,13)14)6-16-15-7-4-2-1-3-5-7/h1-5H,6H2. The number of hydrogen-bond donors (Lipinski definition) is 0. The van der Waals surface area contributed by atoms with Crippen molar-refractivity contribution in [1.29, 1.82) is 0 Å². The molecule has 0 saturated carbocycles. The van der Waals surface area contributed by atoms with Crippen molar-refractivity contribution in [3.05, 3.63) is 33.9 Å². The predicted molar refractivity (Wildman–Crippen MR) is 57.5 cm³/mol. The van der Waals surface area contributed by atoms with Crippen LogP contribution in [0.25, 0.3) is 0 Å². The maximum atomic E-state index is 12.4. The Kier molecular flexibility index (Phi) is 4.34. The van der Waals surface area contributed by atoms with E-state index in [1.807, 2.05) is 0 Å². The van der Waals surface area contributed by atoms with Gasteiger partial charge < -0.3 is 0 Å². The molecule has 0 aromatic heterocycles. The van der Waals surface area contributed by atoms with Gasteiger partial charge in [0.25, 0.3) is 0 Å². The molecule has 0 fully saturated rings. The van der Waals surface area contributed by atoms with Crippen molar-refractivity contribution in [3.8, 4) is 0 Å². The van der Waals surface area contributed by atoms with Crippen LogP contribution in [0, 0.1) is 3.57 Å². The van der Waals surface area contributed by atoms with Gasteiger partial charge in [0.2, 0.25) is 0 Å². The van der Waals surface area contributed by atoms with E-state index < -0.39 is 39.7 Å². The first-order chi connectivity index (χ1) is 7.33. The minimum absolute atomic E-state index is 0.708. The van der Waals surface area contributed by atoms with E-state index in [0.717, 1.165) is 0 Å². The molecule has 0 unspecified atom stereocenters. The average molecular weight is 351 g/mol. The van der Waals surface area contributed by atoms with E-state index >= 15 is 0 Å². The average Bonchev–Trinajstić information content (AvgIpc) is 2.17. The molecule has 16 heavy (non-hydrogen) atoms. The van der Waals surface area contributed by atoms with Crippen molar-refractivity contribution in [2.45, 2.75) is 12.1 Å². The molecule has 1 nitrogen and oxygen atoms in total. The van der Waals surface area contributed by atoms with Crippen molar-refractivity contribution in [3.63, 3.8) is 0 Å². The summed E-state index contributed by atoms with van der Waals surface area (Å²) < 4.78 is 64.2. The number of hydrogen-bond acceptors (Lipinski definition) is 1. The van der Waals surface area contributed by atoms with Crippen LogP contribution in [0.5, 0.6) is 0 Å². The Bertz CT molecular complexity index is 360. The summed E-state index contributed by atoms with van der Waals surface area (Å²) in [7, 11) is 0. The first kappa shape index (κ1) is 13.5. The number of alkyl halides is 5. The Labute approximate surface area is 98.8 Å². The maximum Gasteiger partial charge on any atom is 0.455 e. The van der Waals surface area contributed by atoms with Crippen molar-refractivity contribution >= 4 is 21.0 Å². The molecule has 0 aliphatic rings. The highest BCUT2D eigenvalue weighted by molar-refractivity contribution is 14.2. The van der Waals surface area contributed by atoms with Crippen LogP contribution in [0.1, 0.15) is 0 Å². The molecule has 0 N–H and O–H groups in total. The highest BCUT2D eigenvalue weighted by atomic mass is 127. The molecule has 7 heteroatoms. The summed E-state index contributed by atoms with van der Waals surface area (Å²) in [5.74, 6) is -4.72. The van der Waals surface area contributed by atoms with Gasteiger partial charge in [0.15, 0.2) is 0 Å². The van der Waals surface area contributed by atoms with E-state index in [1.54, 1.807) is 30.3 Å². The normalized spacial score (nSPS) is 13.8. The van der Waals surface area contributed by atoms with E-state index in [4.69, 9.17) is 0 Å². The summed E-state index contributed by atoms with van der Waals surface area (Å²) in [5, 5.41) is 0. The second kappa shape index (κ2) is 5.15. The Balaban J connectivity index is 2.62. The molecule has 90 valence electrons. The van der Waals surface area contributed by atoms with Gasteiger partial charge in [0.1, 0.15) is 6.54 Å². The van der Waals surface area contributed by atoms with E-state index in [0.29, 0.717) is 3.57 Å². The largest absolute Gasteiger partial charge is 0.455 e. The van der Waals surface area contributed by atoms with E-state index in [-0.39, 0.29) is 0 Å². The van der Waals surface area contributed by atoms with Gasteiger partial charge in [-0.05, 0) is 12.1 Å². The topological polar surface area (TPSA) is 12.4 Å². The van der Waals surface area contributed by atoms with Crippen molar-refractivity contribution in [1.82, 2.24) is 0 Å². The highest BCUT2D eigenvalue weighted by Gasteiger charge is 2.57. The Morgan fingerprint density at radius 1 is 1.00 bits per heavy atom. The first-order valence-electron chi connectivity index (χ1n) is 4.13. The summed E-state index contributed by atoms with van der Waals surface area (Å²) >= 11 is -1.14. The van der Waals surface area contributed by atoms with Crippen LogP contribution in [0.2, 0.25) is 0 Å². The zero-order valence-corrected chi connectivity index (χ0v) is 9.97. The molecule has 0 spiro atoms. The molecule has 0 aliphatic carbocycles. The fraction of sp³-hybridized carbons (Fsp3) is 0.333. The molecule has 1 aromatic carbocycles. The number of nitrogens with zero attached hydrogens (tertiary/aromatic N) is 1. The lowest BCUT2D eigenvalue weighted by molar-refractivity contribution is -0.276. The molecule has 1 aromatic rings. The van der Waals surface area contributed by atoms with Crippen LogP contribution in [-0.4, -0.2) is 18.6 Å². The third-order valence-corrected chi connectivity index (χ3v) is 3.52. The quantitative estimate of drug-likeness (QED) is 0.572. The summed E-state index contributed by atoms with van der Waals surface area (Å²) in [4.78, 5) is 0. The maximum absolute atomic E-state index is 12.4. The van der Waals surface area contributed by atoms with Crippen LogP contribution in [0.3, 0.4) is 0 Å². The molecule has 0 amide bonds. The van der Waals surface area contributed by atoms with Gasteiger partial charge in [-0.25, -0.2) is 0 Å². The molecule has 1 rings (SSSR count). The minimum Gasteiger partial charge on any atom is -0.251 e. The summed E-state index contributed by atoms with van der Waals surface area (Å²) in [6, 6.07) is 8.42. The Hall–Kier alpha value is -0.600. The van der Waals surface area contributed by atoms with Crippen molar-refractivity contribution < 1.29 is 22.0 Å². The van der Waals surface area contributed by atoms with E-state index in [1.165, 1.54) is 0 Å². The van der Waals surface area contributed by atoms with Crippen LogP contribution in [-0.2, 0) is 0 Å². The molecule has 0 heterocycles. The fourth-order valence-corrected chi connectivity index (χ4v) is 2.46. The van der Waals surface area contributed by atoms with Gasteiger partial charge in [-0.3, -0.25) is 3.15 Å². The van der Waals surface area contributed by atoms with Gasteiger partial charge in [-0.1, -0.05) is 18.2 Å². The summed E-state index contributed by atoms with van der Waals surface area (Å²) in [6.45, 7) is -1.49. The SMILES string of the molecule is FC(F)(F)C(F)(F)C/N=I/c1ccccc1. The predicted octanol–water partition coefficient (Wildman–Crippen LogP) is 4.21. The van der Waals surface area contributed by atoms with E-state index in [2.05, 4.69) is 3.15 Å². The Morgan fingerprint density at radius 2 is 1.56 bits per heavy atom. The third-order valence-electron chi connectivity index (χ3n) is 1.56. The second-order valence-corrected chi connectivity index (χ2v) is 5.27. The molecule has 0 saturated heterocycles. The van der Waals surface area contributed by atoms with Crippen LogP contribution in [0.4, 0.5) is 22.0 Å². The molecular formula is C9H7F5IN. The highest BCUT2D eigenvalue weighted by Crippen LogP contribution is 2.36. The van der Waals surface area contributed by atoms with Gasteiger partial charge >= 0.3 is 12.1 Å². The lowest BCUT2D eigenvalue weighted by Crippen LogP contribution is -2.38. The van der Waals surface area contributed by atoms with Gasteiger partial charge in [0, 0.05) is 24.6 Å². The lowest BCUT2D eigenvalue weighted by Gasteiger charge is -2.16. The molecule has 0 atom stereocenters. The Morgan fingerprint density at radius 3 is 2.06 bits per heavy atom. The monoisotopic (exact) mass is 351 g/mol. The second-order valence-electron chi connectivity index (χ2n) is 2.86. The minimum atomic E-state index is -5.52. The molecular weight excluding hydrogens is 344 g/mol. The fourth-order valence-electron chi connectivity index (χ4n) is 0.735. The van der Waals surface area contributed by atoms with Crippen molar-refractivity contribution in [2.75, 3.05) is 6.54 Å². The zero-order chi connectivity index (χ0) is 12.2. The molecule has 0 bridgehead atoms. The van der Waals surface area contributed by atoms with Crippen molar-refractivity contribution in [2.24, 2.45) is 3.15 Å². The third kappa shape index (κ3) is 3.76. The van der Waals surface area contributed by atoms with Gasteiger partial charge in [-0.15, -0.1) is 0 Å². The first-order valence-corrected chi connectivity index (χ1v) is 6.18. The molecule has 0 radical (unpaired) electrons. The van der Waals surface area contributed by atoms with Gasteiger partial charge in [-0.2, -0.15) is 22.0 Å².